The van der Waals surface area contributed by atoms with Crippen molar-refractivity contribution in [1.29, 1.82) is 0 Å². The second-order valence-electron chi connectivity index (χ2n) is 4.21. The van der Waals surface area contributed by atoms with E-state index in [-0.39, 0.29) is 12.4 Å². The minimum atomic E-state index is -2.58. The molecule has 0 radical (unpaired) electrons. The Kier molecular flexibility index (Phi) is 6.42. The zero-order chi connectivity index (χ0) is 13.7. The summed E-state index contributed by atoms with van der Waals surface area (Å²) in [5, 5.41) is 0. The van der Waals surface area contributed by atoms with Gasteiger partial charge in [-0.15, -0.1) is 12.4 Å². The number of hydrogen-bond donors (Lipinski definition) is 1. The van der Waals surface area contributed by atoms with Crippen molar-refractivity contribution in [2.75, 3.05) is 0 Å². The SMILES string of the molecule is Cl.N[C@@H](c1cccc(OCc2ccccc2)c1)C(F)F. The third-order valence-corrected chi connectivity index (χ3v) is 2.76. The van der Waals surface area contributed by atoms with Crippen molar-refractivity contribution >= 4 is 12.4 Å². The summed E-state index contributed by atoms with van der Waals surface area (Å²) >= 11 is 0. The van der Waals surface area contributed by atoms with E-state index in [1.165, 1.54) is 0 Å². The number of ether oxygens (including phenoxy) is 1. The Morgan fingerprint density at radius 2 is 1.70 bits per heavy atom. The first kappa shape index (κ1) is 16.4. The second kappa shape index (κ2) is 7.82. The van der Waals surface area contributed by atoms with Gasteiger partial charge in [0.25, 0.3) is 6.43 Å². The van der Waals surface area contributed by atoms with Gasteiger partial charge in [0.15, 0.2) is 0 Å². The minimum absolute atomic E-state index is 0. The quantitative estimate of drug-likeness (QED) is 0.907. The summed E-state index contributed by atoms with van der Waals surface area (Å²) in [5.74, 6) is 0.539. The molecular formula is C15H16ClF2NO. The summed E-state index contributed by atoms with van der Waals surface area (Å²) < 4.78 is 30.6. The lowest BCUT2D eigenvalue weighted by molar-refractivity contribution is 0.116. The Labute approximate surface area is 123 Å². The first-order chi connectivity index (χ1) is 9.16. The van der Waals surface area contributed by atoms with Crippen LogP contribution < -0.4 is 10.5 Å². The van der Waals surface area contributed by atoms with Crippen molar-refractivity contribution in [1.82, 2.24) is 0 Å². The van der Waals surface area contributed by atoms with Gasteiger partial charge in [-0.1, -0.05) is 42.5 Å². The van der Waals surface area contributed by atoms with Crippen molar-refractivity contribution < 1.29 is 13.5 Å². The van der Waals surface area contributed by atoms with Crippen LogP contribution >= 0.6 is 12.4 Å². The van der Waals surface area contributed by atoms with E-state index < -0.39 is 12.5 Å². The molecule has 1 atom stereocenters. The standard InChI is InChI=1S/C15H15F2NO.ClH/c16-15(17)14(18)12-7-4-8-13(9-12)19-10-11-5-2-1-3-6-11;/h1-9,14-15H,10,18H2;1H/t14-;/m0./s1. The van der Waals surface area contributed by atoms with Crippen LogP contribution in [0.2, 0.25) is 0 Å². The molecule has 2 N–H and O–H groups in total. The third kappa shape index (κ3) is 4.47. The molecule has 20 heavy (non-hydrogen) atoms. The fourth-order valence-corrected chi connectivity index (χ4v) is 1.70. The van der Waals surface area contributed by atoms with Gasteiger partial charge < -0.3 is 10.5 Å². The van der Waals surface area contributed by atoms with Gasteiger partial charge in [-0.2, -0.15) is 0 Å². The van der Waals surface area contributed by atoms with Crippen LogP contribution in [-0.4, -0.2) is 6.43 Å². The van der Waals surface area contributed by atoms with Gasteiger partial charge in [-0.25, -0.2) is 8.78 Å². The zero-order valence-electron chi connectivity index (χ0n) is 10.7. The highest BCUT2D eigenvalue weighted by Crippen LogP contribution is 2.22. The van der Waals surface area contributed by atoms with Gasteiger partial charge in [-0.05, 0) is 23.3 Å². The van der Waals surface area contributed by atoms with Gasteiger partial charge in [-0.3, -0.25) is 0 Å². The first-order valence-electron chi connectivity index (χ1n) is 5.97. The fourth-order valence-electron chi connectivity index (χ4n) is 1.70. The summed E-state index contributed by atoms with van der Waals surface area (Å²) in [5.41, 5.74) is 6.80. The van der Waals surface area contributed by atoms with Crippen LogP contribution in [0, 0.1) is 0 Å². The summed E-state index contributed by atoms with van der Waals surface area (Å²) in [7, 11) is 0. The molecule has 0 aliphatic rings. The van der Waals surface area contributed by atoms with Crippen LogP contribution in [0.1, 0.15) is 17.2 Å². The lowest BCUT2D eigenvalue weighted by atomic mass is 10.1. The van der Waals surface area contributed by atoms with Crippen LogP contribution in [0.4, 0.5) is 8.78 Å². The molecule has 108 valence electrons. The number of alkyl halides is 2. The lowest BCUT2D eigenvalue weighted by Crippen LogP contribution is -2.18. The number of hydrogen-bond acceptors (Lipinski definition) is 2. The van der Waals surface area contributed by atoms with E-state index in [1.54, 1.807) is 24.3 Å². The average molecular weight is 300 g/mol. The van der Waals surface area contributed by atoms with Gasteiger partial charge in [0, 0.05) is 0 Å². The molecule has 0 aliphatic carbocycles. The molecule has 0 saturated carbocycles. The van der Waals surface area contributed by atoms with Gasteiger partial charge >= 0.3 is 0 Å². The van der Waals surface area contributed by atoms with E-state index >= 15 is 0 Å². The molecule has 0 unspecified atom stereocenters. The van der Waals surface area contributed by atoms with E-state index in [1.807, 2.05) is 30.3 Å². The highest BCUT2D eigenvalue weighted by Gasteiger charge is 2.17. The number of benzene rings is 2. The lowest BCUT2D eigenvalue weighted by Gasteiger charge is -2.12. The van der Waals surface area contributed by atoms with Crippen LogP contribution in [-0.2, 0) is 6.61 Å². The average Bonchev–Trinajstić information content (AvgIpc) is 2.45. The van der Waals surface area contributed by atoms with E-state index in [4.69, 9.17) is 10.5 Å². The third-order valence-electron chi connectivity index (χ3n) is 2.76. The Morgan fingerprint density at radius 3 is 2.35 bits per heavy atom. The molecule has 2 nitrogen and oxygen atoms in total. The molecule has 5 heteroatoms. The summed E-state index contributed by atoms with van der Waals surface area (Å²) in [6, 6.07) is 14.9. The van der Waals surface area contributed by atoms with Crippen molar-refractivity contribution in [3.8, 4) is 5.75 Å². The predicted octanol–water partition coefficient (Wildman–Crippen LogP) is 3.95. The van der Waals surface area contributed by atoms with Crippen molar-refractivity contribution in [3.05, 3.63) is 65.7 Å². The van der Waals surface area contributed by atoms with E-state index in [0.29, 0.717) is 17.9 Å². The maximum Gasteiger partial charge on any atom is 0.257 e. The Bertz CT molecular complexity index is 522. The molecule has 0 aromatic heterocycles. The Balaban J connectivity index is 0.00000200. The molecule has 0 spiro atoms. The Morgan fingerprint density at radius 1 is 1.00 bits per heavy atom. The topological polar surface area (TPSA) is 35.2 Å². The second-order valence-corrected chi connectivity index (χ2v) is 4.21. The summed E-state index contributed by atoms with van der Waals surface area (Å²) in [4.78, 5) is 0. The molecule has 0 bridgehead atoms. The summed E-state index contributed by atoms with van der Waals surface area (Å²) in [6.07, 6.45) is -2.58. The molecule has 2 aromatic rings. The molecule has 2 rings (SSSR count). The molecular weight excluding hydrogens is 284 g/mol. The van der Waals surface area contributed by atoms with Crippen LogP contribution in [0.5, 0.6) is 5.75 Å². The van der Waals surface area contributed by atoms with Crippen molar-refractivity contribution in [2.45, 2.75) is 19.1 Å². The monoisotopic (exact) mass is 299 g/mol. The highest BCUT2D eigenvalue weighted by molar-refractivity contribution is 5.85. The van der Waals surface area contributed by atoms with Crippen LogP contribution in [0.3, 0.4) is 0 Å². The van der Waals surface area contributed by atoms with Crippen LogP contribution in [0.25, 0.3) is 0 Å². The fraction of sp³-hybridized carbons (Fsp3) is 0.200. The molecule has 0 saturated heterocycles. The predicted molar refractivity (Wildman–Crippen MR) is 77.4 cm³/mol. The molecule has 0 aliphatic heterocycles. The zero-order valence-corrected chi connectivity index (χ0v) is 11.5. The largest absolute Gasteiger partial charge is 0.489 e. The van der Waals surface area contributed by atoms with Gasteiger partial charge in [0.1, 0.15) is 12.4 Å². The van der Waals surface area contributed by atoms with Crippen molar-refractivity contribution in [2.24, 2.45) is 5.73 Å². The van der Waals surface area contributed by atoms with Gasteiger partial charge in [0.2, 0.25) is 0 Å². The summed E-state index contributed by atoms with van der Waals surface area (Å²) in [6.45, 7) is 0.397. The highest BCUT2D eigenvalue weighted by atomic mass is 35.5. The van der Waals surface area contributed by atoms with E-state index in [9.17, 15) is 8.78 Å². The number of halogens is 3. The maximum atomic E-state index is 12.5. The first-order valence-corrected chi connectivity index (χ1v) is 5.97. The maximum absolute atomic E-state index is 12.5. The normalized spacial score (nSPS) is 11.8. The molecule has 2 aromatic carbocycles. The van der Waals surface area contributed by atoms with Crippen molar-refractivity contribution in [3.63, 3.8) is 0 Å². The molecule has 0 amide bonds. The molecule has 0 fully saturated rings. The van der Waals surface area contributed by atoms with Gasteiger partial charge in [0.05, 0.1) is 6.04 Å². The van der Waals surface area contributed by atoms with Crippen LogP contribution in [0.15, 0.2) is 54.6 Å². The Hall–Kier alpha value is -1.65. The minimum Gasteiger partial charge on any atom is -0.489 e. The number of rotatable bonds is 5. The van der Waals surface area contributed by atoms with E-state index in [2.05, 4.69) is 0 Å². The smallest absolute Gasteiger partial charge is 0.257 e. The molecule has 0 heterocycles. The number of nitrogens with two attached hydrogens (primary N) is 1. The van der Waals surface area contributed by atoms with E-state index in [0.717, 1.165) is 5.56 Å².